The number of benzene rings is 1. The van der Waals surface area contributed by atoms with Crippen LogP contribution in [-0.4, -0.2) is 4.98 Å². The summed E-state index contributed by atoms with van der Waals surface area (Å²) in [6, 6.07) is 13.6. The van der Waals surface area contributed by atoms with E-state index in [9.17, 15) is 0 Å². The Morgan fingerprint density at radius 1 is 1.24 bits per heavy atom. The van der Waals surface area contributed by atoms with Gasteiger partial charge in [-0.15, -0.1) is 0 Å². The van der Waals surface area contributed by atoms with Crippen molar-refractivity contribution in [2.75, 3.05) is 5.32 Å². The van der Waals surface area contributed by atoms with Crippen molar-refractivity contribution >= 4 is 21.7 Å². The summed E-state index contributed by atoms with van der Waals surface area (Å²) in [5, 5.41) is 12.1. The third-order valence-electron chi connectivity index (χ3n) is 2.30. The summed E-state index contributed by atoms with van der Waals surface area (Å²) >= 11 is 3.39. The van der Waals surface area contributed by atoms with Gasteiger partial charge in [-0.25, -0.2) is 4.98 Å². The van der Waals surface area contributed by atoms with E-state index in [1.165, 1.54) is 0 Å². The Kier molecular flexibility index (Phi) is 3.73. The van der Waals surface area contributed by atoms with Crippen LogP contribution in [0.2, 0.25) is 0 Å². The van der Waals surface area contributed by atoms with Crippen LogP contribution in [0, 0.1) is 11.3 Å². The maximum absolute atomic E-state index is 8.92. The van der Waals surface area contributed by atoms with Crippen LogP contribution in [0.3, 0.4) is 0 Å². The number of anilines is 1. The first-order valence-corrected chi connectivity index (χ1v) is 5.92. The van der Waals surface area contributed by atoms with Gasteiger partial charge in [-0.1, -0.05) is 28.1 Å². The minimum Gasteiger partial charge on any atom is -0.365 e. The Balaban J connectivity index is 2.08. The predicted octanol–water partition coefficient (Wildman–Crippen LogP) is 3.33. The number of hydrogen-bond donors (Lipinski definition) is 1. The van der Waals surface area contributed by atoms with Gasteiger partial charge < -0.3 is 5.32 Å². The lowest BCUT2D eigenvalue weighted by atomic mass is 10.2. The van der Waals surface area contributed by atoms with Crippen LogP contribution in [0.15, 0.2) is 47.1 Å². The zero-order valence-electron chi connectivity index (χ0n) is 9.02. The molecule has 0 atom stereocenters. The summed E-state index contributed by atoms with van der Waals surface area (Å²) < 4.78 is 1.05. The molecule has 0 bridgehead atoms. The Hall–Kier alpha value is -1.86. The number of nitrogens with one attached hydrogen (secondary N) is 1. The van der Waals surface area contributed by atoms with Crippen molar-refractivity contribution in [1.82, 2.24) is 4.98 Å². The third kappa shape index (κ3) is 3.05. The molecule has 17 heavy (non-hydrogen) atoms. The van der Waals surface area contributed by atoms with Gasteiger partial charge in [0.15, 0.2) is 0 Å². The van der Waals surface area contributed by atoms with Crippen molar-refractivity contribution in [3.63, 3.8) is 0 Å². The number of pyridine rings is 1. The van der Waals surface area contributed by atoms with Crippen LogP contribution >= 0.6 is 15.9 Å². The Bertz CT molecular complexity index is 543. The highest BCUT2D eigenvalue weighted by atomic mass is 79.9. The Morgan fingerprint density at radius 3 is 2.71 bits per heavy atom. The van der Waals surface area contributed by atoms with Crippen LogP contribution in [0.4, 0.5) is 5.82 Å². The quantitative estimate of drug-likeness (QED) is 0.942. The molecule has 1 heterocycles. The average molecular weight is 288 g/mol. The SMILES string of the molecule is N#Cc1cccnc1NCc1ccc(Br)cc1. The Morgan fingerprint density at radius 2 is 2.00 bits per heavy atom. The molecule has 0 saturated carbocycles. The van der Waals surface area contributed by atoms with Crippen molar-refractivity contribution in [2.45, 2.75) is 6.54 Å². The summed E-state index contributed by atoms with van der Waals surface area (Å²) in [5.41, 5.74) is 1.70. The summed E-state index contributed by atoms with van der Waals surface area (Å²) in [6.07, 6.45) is 1.67. The Labute approximate surface area is 108 Å². The van der Waals surface area contributed by atoms with Crippen molar-refractivity contribution in [2.24, 2.45) is 0 Å². The van der Waals surface area contributed by atoms with E-state index < -0.39 is 0 Å². The van der Waals surface area contributed by atoms with Crippen molar-refractivity contribution in [3.8, 4) is 6.07 Å². The molecule has 84 valence electrons. The molecule has 2 rings (SSSR count). The molecule has 0 aliphatic carbocycles. The molecule has 0 aliphatic rings. The summed E-state index contributed by atoms with van der Waals surface area (Å²) in [5.74, 6) is 0.623. The number of aromatic nitrogens is 1. The van der Waals surface area contributed by atoms with E-state index in [4.69, 9.17) is 5.26 Å². The summed E-state index contributed by atoms with van der Waals surface area (Å²) in [4.78, 5) is 4.14. The van der Waals surface area contributed by atoms with Crippen molar-refractivity contribution in [3.05, 3.63) is 58.2 Å². The highest BCUT2D eigenvalue weighted by Crippen LogP contribution is 2.14. The van der Waals surface area contributed by atoms with Crippen LogP contribution in [0.5, 0.6) is 0 Å². The lowest BCUT2D eigenvalue weighted by Crippen LogP contribution is -2.02. The van der Waals surface area contributed by atoms with Gasteiger partial charge in [-0.3, -0.25) is 0 Å². The van der Waals surface area contributed by atoms with Crippen LogP contribution in [0.1, 0.15) is 11.1 Å². The molecule has 0 fully saturated rings. The normalized spacial score (nSPS) is 9.65. The van der Waals surface area contributed by atoms with E-state index in [2.05, 4.69) is 32.3 Å². The molecule has 0 saturated heterocycles. The highest BCUT2D eigenvalue weighted by Gasteiger charge is 2.01. The van der Waals surface area contributed by atoms with Gasteiger partial charge in [0.1, 0.15) is 11.9 Å². The summed E-state index contributed by atoms with van der Waals surface area (Å²) in [6.45, 7) is 0.652. The molecule has 0 spiro atoms. The molecule has 0 aliphatic heterocycles. The van der Waals surface area contributed by atoms with Crippen molar-refractivity contribution in [1.29, 1.82) is 5.26 Å². The molecule has 0 unspecified atom stereocenters. The van der Waals surface area contributed by atoms with E-state index in [1.807, 2.05) is 24.3 Å². The third-order valence-corrected chi connectivity index (χ3v) is 2.83. The topological polar surface area (TPSA) is 48.7 Å². The second-order valence-electron chi connectivity index (χ2n) is 3.49. The largest absolute Gasteiger partial charge is 0.365 e. The number of rotatable bonds is 3. The molecule has 0 radical (unpaired) electrons. The van der Waals surface area contributed by atoms with Crippen molar-refractivity contribution < 1.29 is 0 Å². The summed E-state index contributed by atoms with van der Waals surface area (Å²) in [7, 11) is 0. The van der Waals surface area contributed by atoms with Gasteiger partial charge in [0.2, 0.25) is 0 Å². The average Bonchev–Trinajstić information content (AvgIpc) is 2.38. The second kappa shape index (κ2) is 5.46. The van der Waals surface area contributed by atoms with Gasteiger partial charge in [-0.2, -0.15) is 5.26 Å². The molecular formula is C13H10BrN3. The maximum atomic E-state index is 8.92. The van der Waals surface area contributed by atoms with Gasteiger partial charge in [-0.05, 0) is 29.8 Å². The maximum Gasteiger partial charge on any atom is 0.144 e. The minimum atomic E-state index is 0.560. The molecule has 4 heteroatoms. The predicted molar refractivity (Wildman–Crippen MR) is 70.4 cm³/mol. The van der Waals surface area contributed by atoms with Gasteiger partial charge in [0.05, 0.1) is 5.56 Å². The smallest absolute Gasteiger partial charge is 0.144 e. The minimum absolute atomic E-state index is 0.560. The van der Waals surface area contributed by atoms with Crippen LogP contribution in [0.25, 0.3) is 0 Å². The first kappa shape index (κ1) is 11.6. The monoisotopic (exact) mass is 287 g/mol. The van der Waals surface area contributed by atoms with Gasteiger partial charge in [0.25, 0.3) is 0 Å². The lowest BCUT2D eigenvalue weighted by molar-refractivity contribution is 1.10. The van der Waals surface area contributed by atoms with E-state index in [-0.39, 0.29) is 0 Å². The molecule has 0 amide bonds. The zero-order valence-corrected chi connectivity index (χ0v) is 10.6. The molecule has 1 aromatic heterocycles. The van der Waals surface area contributed by atoms with Gasteiger partial charge >= 0.3 is 0 Å². The number of hydrogen-bond acceptors (Lipinski definition) is 3. The highest BCUT2D eigenvalue weighted by molar-refractivity contribution is 9.10. The first-order valence-electron chi connectivity index (χ1n) is 5.13. The lowest BCUT2D eigenvalue weighted by Gasteiger charge is -2.06. The van der Waals surface area contributed by atoms with E-state index >= 15 is 0 Å². The van der Waals surface area contributed by atoms with Gasteiger partial charge in [0, 0.05) is 17.2 Å². The van der Waals surface area contributed by atoms with E-state index in [0.29, 0.717) is 17.9 Å². The van der Waals surface area contributed by atoms with Crippen LogP contribution < -0.4 is 5.32 Å². The molecule has 1 aromatic carbocycles. The van der Waals surface area contributed by atoms with Crippen LogP contribution in [-0.2, 0) is 6.54 Å². The second-order valence-corrected chi connectivity index (χ2v) is 4.41. The molecule has 3 nitrogen and oxygen atoms in total. The fraction of sp³-hybridized carbons (Fsp3) is 0.0769. The van der Waals surface area contributed by atoms with E-state index in [0.717, 1.165) is 10.0 Å². The first-order chi connectivity index (χ1) is 8.29. The fourth-order valence-corrected chi connectivity index (χ4v) is 1.69. The molecule has 1 N–H and O–H groups in total. The zero-order chi connectivity index (χ0) is 12.1. The molecule has 2 aromatic rings. The number of halogens is 1. The standard InChI is InChI=1S/C13H10BrN3/c14-12-5-3-10(4-6-12)9-17-13-11(8-15)2-1-7-16-13/h1-7H,9H2,(H,16,17). The molecular weight excluding hydrogens is 278 g/mol. The van der Waals surface area contributed by atoms with E-state index in [1.54, 1.807) is 18.3 Å². The fourth-order valence-electron chi connectivity index (χ4n) is 1.42. The number of nitrogens with zero attached hydrogens (tertiary/aromatic N) is 2. The number of nitriles is 1.